The van der Waals surface area contributed by atoms with Crippen molar-refractivity contribution in [2.75, 3.05) is 26.4 Å². The molecule has 11 heteroatoms. The standard InChI is InChI=1S/C40H76NO9P/c1-3-5-7-9-11-13-14-15-16-17-18-19-20-21-22-23-25-27-29-31-33-47-34-37(35-48-51(45,46)49-36-38(41)40(43)44)50-39(42)32-30-28-26-24-12-10-8-6-4-2/h11,13,15-16,37-38H,3-10,12,14,17-36,41H2,1-2H3,(H,43,44)(H,45,46)/b13-11-,16-15-. The smallest absolute Gasteiger partial charge is 0.472 e. The fourth-order valence-electron chi connectivity index (χ4n) is 5.52. The molecule has 0 rings (SSSR count). The Morgan fingerprint density at radius 1 is 0.627 bits per heavy atom. The molecule has 0 saturated carbocycles. The Hall–Kier alpha value is -1.55. The van der Waals surface area contributed by atoms with E-state index in [0.29, 0.717) is 13.0 Å². The van der Waals surface area contributed by atoms with Gasteiger partial charge in [0, 0.05) is 13.0 Å². The molecule has 10 nitrogen and oxygen atoms in total. The van der Waals surface area contributed by atoms with Gasteiger partial charge in [-0.05, 0) is 44.9 Å². The van der Waals surface area contributed by atoms with E-state index >= 15 is 0 Å². The first kappa shape index (κ1) is 49.5. The van der Waals surface area contributed by atoms with E-state index in [-0.39, 0.29) is 13.0 Å². The summed E-state index contributed by atoms with van der Waals surface area (Å²) in [6.45, 7) is 3.83. The van der Waals surface area contributed by atoms with Crippen LogP contribution in [0.4, 0.5) is 0 Å². The number of ether oxygens (including phenoxy) is 2. The Kier molecular flexibility index (Phi) is 35.7. The van der Waals surface area contributed by atoms with Gasteiger partial charge in [0.2, 0.25) is 0 Å². The van der Waals surface area contributed by atoms with Crippen LogP contribution in [0.3, 0.4) is 0 Å². The van der Waals surface area contributed by atoms with Crippen molar-refractivity contribution in [3.63, 3.8) is 0 Å². The van der Waals surface area contributed by atoms with E-state index in [2.05, 4.69) is 38.2 Å². The largest absolute Gasteiger partial charge is 0.480 e. The lowest BCUT2D eigenvalue weighted by atomic mass is 10.1. The highest BCUT2D eigenvalue weighted by Gasteiger charge is 2.27. The average Bonchev–Trinajstić information content (AvgIpc) is 3.10. The molecule has 0 aromatic rings. The topological polar surface area (TPSA) is 155 Å². The average molecular weight is 746 g/mol. The maximum atomic E-state index is 12.5. The van der Waals surface area contributed by atoms with Crippen molar-refractivity contribution in [1.82, 2.24) is 0 Å². The molecule has 0 amide bonds. The van der Waals surface area contributed by atoms with E-state index in [0.717, 1.165) is 44.9 Å². The molecule has 0 aromatic heterocycles. The van der Waals surface area contributed by atoms with Gasteiger partial charge in [-0.15, -0.1) is 0 Å². The van der Waals surface area contributed by atoms with E-state index in [1.165, 1.54) is 109 Å². The van der Waals surface area contributed by atoms with Crippen LogP contribution in [0.1, 0.15) is 181 Å². The summed E-state index contributed by atoms with van der Waals surface area (Å²) < 4.78 is 33.2. The van der Waals surface area contributed by atoms with E-state index in [1.54, 1.807) is 0 Å². The van der Waals surface area contributed by atoms with Crippen LogP contribution in [0.5, 0.6) is 0 Å². The molecule has 0 fully saturated rings. The first-order valence-corrected chi connectivity index (χ1v) is 21.9. The highest BCUT2D eigenvalue weighted by molar-refractivity contribution is 7.47. The maximum Gasteiger partial charge on any atom is 0.472 e. The van der Waals surface area contributed by atoms with Gasteiger partial charge >= 0.3 is 19.8 Å². The molecule has 0 aliphatic rings. The number of rotatable bonds is 39. The Morgan fingerprint density at radius 2 is 1.08 bits per heavy atom. The molecule has 0 radical (unpaired) electrons. The van der Waals surface area contributed by atoms with Crippen molar-refractivity contribution in [2.24, 2.45) is 5.73 Å². The third kappa shape index (κ3) is 36.6. The van der Waals surface area contributed by atoms with Crippen LogP contribution < -0.4 is 5.73 Å². The van der Waals surface area contributed by atoms with E-state index in [4.69, 9.17) is 29.4 Å². The molecule has 300 valence electrons. The molecule has 0 aliphatic heterocycles. The molecular weight excluding hydrogens is 669 g/mol. The second-order valence-corrected chi connectivity index (χ2v) is 15.2. The van der Waals surface area contributed by atoms with Crippen molar-refractivity contribution >= 4 is 19.8 Å². The van der Waals surface area contributed by atoms with Crippen LogP contribution in [-0.2, 0) is 32.7 Å². The minimum atomic E-state index is -4.60. The zero-order valence-electron chi connectivity index (χ0n) is 32.5. The molecule has 0 heterocycles. The molecule has 0 bridgehead atoms. The van der Waals surface area contributed by atoms with Gasteiger partial charge in [0.25, 0.3) is 0 Å². The van der Waals surface area contributed by atoms with Crippen LogP contribution >= 0.6 is 7.82 Å². The predicted octanol–water partition coefficient (Wildman–Crippen LogP) is 10.8. The van der Waals surface area contributed by atoms with Crippen molar-refractivity contribution in [3.8, 4) is 0 Å². The Balaban J connectivity index is 4.15. The first-order valence-electron chi connectivity index (χ1n) is 20.4. The lowest BCUT2D eigenvalue weighted by molar-refractivity contribution is -0.154. The molecule has 3 atom stereocenters. The number of carboxylic acid groups (broad SMARTS) is 1. The van der Waals surface area contributed by atoms with Gasteiger partial charge in [-0.1, -0.05) is 154 Å². The van der Waals surface area contributed by atoms with Gasteiger partial charge in [0.15, 0.2) is 0 Å². The summed E-state index contributed by atoms with van der Waals surface area (Å²) in [5, 5.41) is 8.86. The second-order valence-electron chi connectivity index (χ2n) is 13.8. The van der Waals surface area contributed by atoms with Gasteiger partial charge in [-0.25, -0.2) is 4.57 Å². The van der Waals surface area contributed by atoms with Crippen molar-refractivity contribution in [3.05, 3.63) is 24.3 Å². The molecule has 0 spiro atoms. The van der Waals surface area contributed by atoms with E-state index in [1.807, 2.05) is 0 Å². The maximum absolute atomic E-state index is 12.5. The minimum Gasteiger partial charge on any atom is -0.480 e. The number of unbranched alkanes of at least 4 members (excludes halogenated alkanes) is 21. The minimum absolute atomic E-state index is 0.0180. The lowest BCUT2D eigenvalue weighted by Crippen LogP contribution is -2.34. The summed E-state index contributed by atoms with van der Waals surface area (Å²) in [5.41, 5.74) is 5.34. The number of hydrogen-bond acceptors (Lipinski definition) is 8. The zero-order valence-corrected chi connectivity index (χ0v) is 33.3. The fourth-order valence-corrected chi connectivity index (χ4v) is 6.29. The van der Waals surface area contributed by atoms with Crippen LogP contribution in [0.2, 0.25) is 0 Å². The third-order valence-electron chi connectivity index (χ3n) is 8.73. The molecule has 3 unspecified atom stereocenters. The second kappa shape index (κ2) is 36.8. The molecule has 0 aromatic carbocycles. The van der Waals surface area contributed by atoms with Crippen LogP contribution in [0.25, 0.3) is 0 Å². The van der Waals surface area contributed by atoms with Crippen LogP contribution in [0.15, 0.2) is 24.3 Å². The van der Waals surface area contributed by atoms with Crippen molar-refractivity contribution < 1.29 is 42.7 Å². The van der Waals surface area contributed by atoms with Crippen molar-refractivity contribution in [1.29, 1.82) is 0 Å². The van der Waals surface area contributed by atoms with Gasteiger partial charge in [0.05, 0.1) is 19.8 Å². The number of carbonyl (C=O) groups excluding carboxylic acids is 1. The molecule has 51 heavy (non-hydrogen) atoms. The van der Waals surface area contributed by atoms with Crippen LogP contribution in [0, 0.1) is 0 Å². The normalized spacial score (nSPS) is 14.3. The Bertz CT molecular complexity index is 914. The van der Waals surface area contributed by atoms with Crippen LogP contribution in [-0.4, -0.2) is 60.5 Å². The predicted molar refractivity (Wildman–Crippen MR) is 208 cm³/mol. The lowest BCUT2D eigenvalue weighted by Gasteiger charge is -2.20. The SMILES string of the molecule is CCCCC/C=C\C/C=C\CCCCCCCCCCCCOCC(COP(=O)(O)OCC(N)C(=O)O)OC(=O)CCCCCCCCCCC. The number of phosphoric acid groups is 1. The van der Waals surface area contributed by atoms with E-state index in [9.17, 15) is 19.0 Å². The number of esters is 1. The third-order valence-corrected chi connectivity index (χ3v) is 9.68. The van der Waals surface area contributed by atoms with Gasteiger partial charge in [-0.2, -0.15) is 0 Å². The fraction of sp³-hybridized carbons (Fsp3) is 0.850. The number of allylic oxidation sites excluding steroid dienone is 4. The van der Waals surface area contributed by atoms with E-state index < -0.39 is 45.1 Å². The quantitative estimate of drug-likeness (QED) is 0.0240. The first-order chi connectivity index (χ1) is 24.7. The number of carbonyl (C=O) groups is 2. The monoisotopic (exact) mass is 746 g/mol. The summed E-state index contributed by atoms with van der Waals surface area (Å²) in [6.07, 6.45) is 38.1. The highest BCUT2D eigenvalue weighted by Crippen LogP contribution is 2.43. The summed E-state index contributed by atoms with van der Waals surface area (Å²) in [5.74, 6) is -1.78. The number of nitrogens with two attached hydrogens (primary N) is 1. The number of phosphoric ester groups is 1. The van der Waals surface area contributed by atoms with Gasteiger partial charge in [-0.3, -0.25) is 18.6 Å². The summed E-state index contributed by atoms with van der Waals surface area (Å²) >= 11 is 0. The summed E-state index contributed by atoms with van der Waals surface area (Å²) in [7, 11) is -4.60. The van der Waals surface area contributed by atoms with Crippen molar-refractivity contribution in [2.45, 2.75) is 193 Å². The molecule has 0 aliphatic carbocycles. The number of carboxylic acids is 1. The molecule has 4 N–H and O–H groups in total. The molecule has 0 saturated heterocycles. The van der Waals surface area contributed by atoms with Gasteiger partial charge in [0.1, 0.15) is 12.1 Å². The number of aliphatic carboxylic acids is 1. The summed E-state index contributed by atoms with van der Waals surface area (Å²) in [6, 6.07) is -1.47. The highest BCUT2D eigenvalue weighted by atomic mass is 31.2. The Morgan fingerprint density at radius 3 is 1.63 bits per heavy atom. The number of hydrogen-bond donors (Lipinski definition) is 3. The molecular formula is C40H76NO9P. The van der Waals surface area contributed by atoms with Gasteiger partial charge < -0.3 is 25.2 Å². The zero-order chi connectivity index (χ0) is 37.7. The Labute approximate surface area is 311 Å². The summed E-state index contributed by atoms with van der Waals surface area (Å²) in [4.78, 5) is 33.3.